The zero-order valence-electron chi connectivity index (χ0n) is 14.5. The first-order chi connectivity index (χ1) is 12.7. The van der Waals surface area contributed by atoms with Gasteiger partial charge >= 0.3 is 0 Å². The van der Waals surface area contributed by atoms with E-state index in [0.717, 1.165) is 28.3 Å². The van der Waals surface area contributed by atoms with Crippen LogP contribution in [0.15, 0.2) is 59.5 Å². The fraction of sp³-hybridized carbons (Fsp3) is 0.158. The van der Waals surface area contributed by atoms with Gasteiger partial charge in [-0.2, -0.15) is 5.21 Å². The molecule has 3 heterocycles. The number of hydrogen-bond donors (Lipinski definition) is 1. The number of nitrogens with zero attached hydrogens (tertiary/aromatic N) is 5. The van der Waals surface area contributed by atoms with Gasteiger partial charge in [0.25, 0.3) is 0 Å². The number of hydrogen-bond acceptors (Lipinski definition) is 5. The molecule has 1 N–H and O–H groups in total. The first kappa shape index (κ1) is 16.0. The van der Waals surface area contributed by atoms with E-state index in [1.807, 2.05) is 56.6 Å². The van der Waals surface area contributed by atoms with E-state index in [4.69, 9.17) is 4.42 Å². The topological polar surface area (TPSA) is 85.4 Å². The summed E-state index contributed by atoms with van der Waals surface area (Å²) in [6.45, 7) is 4.07. The van der Waals surface area contributed by atoms with Crippen molar-refractivity contribution in [3.63, 3.8) is 0 Å². The third-order valence-corrected chi connectivity index (χ3v) is 4.27. The SMILES string of the molecule is C/C(=C\c1ccco1)c1c(-c2ccccc2)ncn1C(C)c1nn[nH]n1. The van der Waals surface area contributed by atoms with E-state index in [9.17, 15) is 0 Å². The Morgan fingerprint density at radius 2 is 2.04 bits per heavy atom. The van der Waals surface area contributed by atoms with Crippen molar-refractivity contribution in [1.82, 2.24) is 30.2 Å². The Kier molecular flexibility index (Phi) is 4.18. The van der Waals surface area contributed by atoms with Crippen molar-refractivity contribution < 1.29 is 4.42 Å². The predicted molar refractivity (Wildman–Crippen MR) is 97.9 cm³/mol. The number of tetrazole rings is 1. The molecule has 0 saturated heterocycles. The summed E-state index contributed by atoms with van der Waals surface area (Å²) in [6.07, 6.45) is 5.48. The van der Waals surface area contributed by atoms with Crippen LogP contribution in [0.1, 0.15) is 37.2 Å². The molecular formula is C19H18N6O. The van der Waals surface area contributed by atoms with Crippen LogP contribution in [0.2, 0.25) is 0 Å². The van der Waals surface area contributed by atoms with E-state index < -0.39 is 0 Å². The Morgan fingerprint density at radius 1 is 1.19 bits per heavy atom. The molecule has 0 spiro atoms. The van der Waals surface area contributed by atoms with Gasteiger partial charge in [-0.05, 0) is 37.6 Å². The van der Waals surface area contributed by atoms with Gasteiger partial charge in [0.15, 0.2) is 5.82 Å². The van der Waals surface area contributed by atoms with Crippen LogP contribution in [0.5, 0.6) is 0 Å². The number of aromatic amines is 1. The van der Waals surface area contributed by atoms with Crippen LogP contribution in [-0.2, 0) is 0 Å². The number of aromatic nitrogens is 6. The van der Waals surface area contributed by atoms with E-state index in [1.165, 1.54) is 0 Å². The Bertz CT molecular complexity index is 1000. The lowest BCUT2D eigenvalue weighted by Crippen LogP contribution is -2.10. The number of allylic oxidation sites excluding steroid dienone is 1. The largest absolute Gasteiger partial charge is 0.465 e. The second-order valence-electron chi connectivity index (χ2n) is 6.00. The summed E-state index contributed by atoms with van der Waals surface area (Å²) < 4.78 is 7.53. The minimum absolute atomic E-state index is 0.117. The molecule has 26 heavy (non-hydrogen) atoms. The van der Waals surface area contributed by atoms with E-state index in [1.54, 1.807) is 6.26 Å². The average Bonchev–Trinajstić information content (AvgIpc) is 3.42. The summed E-state index contributed by atoms with van der Waals surface area (Å²) in [5.41, 5.74) is 3.98. The van der Waals surface area contributed by atoms with Gasteiger partial charge in [-0.1, -0.05) is 35.5 Å². The van der Waals surface area contributed by atoms with Gasteiger partial charge in [0, 0.05) is 5.56 Å². The molecule has 7 nitrogen and oxygen atoms in total. The van der Waals surface area contributed by atoms with Crippen LogP contribution in [0.4, 0.5) is 0 Å². The first-order valence-electron chi connectivity index (χ1n) is 8.32. The van der Waals surface area contributed by atoms with E-state index in [2.05, 4.69) is 42.3 Å². The average molecular weight is 346 g/mol. The number of imidazole rings is 1. The van der Waals surface area contributed by atoms with Crippen LogP contribution in [0.25, 0.3) is 22.9 Å². The molecule has 4 rings (SSSR count). The molecule has 4 aromatic rings. The molecule has 1 unspecified atom stereocenters. The number of benzene rings is 1. The third-order valence-electron chi connectivity index (χ3n) is 4.27. The zero-order valence-corrected chi connectivity index (χ0v) is 14.5. The van der Waals surface area contributed by atoms with Gasteiger partial charge < -0.3 is 8.98 Å². The zero-order chi connectivity index (χ0) is 17.9. The lowest BCUT2D eigenvalue weighted by atomic mass is 10.0. The molecule has 0 fully saturated rings. The molecule has 0 aliphatic heterocycles. The second kappa shape index (κ2) is 6.79. The number of furan rings is 1. The molecule has 3 aromatic heterocycles. The minimum Gasteiger partial charge on any atom is -0.465 e. The molecule has 0 saturated carbocycles. The predicted octanol–water partition coefficient (Wildman–Crippen LogP) is 3.83. The van der Waals surface area contributed by atoms with E-state index in [0.29, 0.717) is 5.82 Å². The summed E-state index contributed by atoms with van der Waals surface area (Å²) in [5, 5.41) is 14.4. The van der Waals surface area contributed by atoms with Crippen molar-refractivity contribution in [3.8, 4) is 11.3 Å². The van der Waals surface area contributed by atoms with Crippen molar-refractivity contribution in [2.24, 2.45) is 0 Å². The number of nitrogens with one attached hydrogen (secondary N) is 1. The highest BCUT2D eigenvalue weighted by molar-refractivity contribution is 5.84. The van der Waals surface area contributed by atoms with Crippen molar-refractivity contribution in [2.75, 3.05) is 0 Å². The maximum atomic E-state index is 5.47. The van der Waals surface area contributed by atoms with Crippen molar-refractivity contribution in [2.45, 2.75) is 19.9 Å². The number of H-pyrrole nitrogens is 1. The highest BCUT2D eigenvalue weighted by atomic mass is 16.3. The maximum absolute atomic E-state index is 5.47. The van der Waals surface area contributed by atoms with Crippen LogP contribution >= 0.6 is 0 Å². The Balaban J connectivity index is 1.86. The van der Waals surface area contributed by atoms with Crippen molar-refractivity contribution >= 4 is 11.6 Å². The van der Waals surface area contributed by atoms with Crippen LogP contribution in [-0.4, -0.2) is 30.2 Å². The molecular weight excluding hydrogens is 328 g/mol. The Hall–Kier alpha value is -3.48. The fourth-order valence-electron chi connectivity index (χ4n) is 2.98. The summed E-state index contributed by atoms with van der Waals surface area (Å²) in [5.74, 6) is 1.40. The molecule has 0 bridgehead atoms. The lowest BCUT2D eigenvalue weighted by Gasteiger charge is -2.15. The summed E-state index contributed by atoms with van der Waals surface area (Å²) in [6, 6.07) is 13.8. The van der Waals surface area contributed by atoms with E-state index in [-0.39, 0.29) is 6.04 Å². The van der Waals surface area contributed by atoms with Gasteiger partial charge in [0.2, 0.25) is 0 Å². The van der Waals surface area contributed by atoms with Gasteiger partial charge in [-0.25, -0.2) is 4.98 Å². The first-order valence-corrected chi connectivity index (χ1v) is 8.32. The highest BCUT2D eigenvalue weighted by Gasteiger charge is 2.21. The van der Waals surface area contributed by atoms with E-state index >= 15 is 0 Å². The quantitative estimate of drug-likeness (QED) is 0.593. The standard InChI is InChI=1S/C19H18N6O/c1-13(11-16-9-6-10-26-16)18-17(15-7-4-3-5-8-15)20-12-25(18)14(2)19-21-23-24-22-19/h3-12,14H,1-2H3,(H,21,22,23,24)/b13-11+. The molecule has 130 valence electrons. The Labute approximate surface area is 150 Å². The fourth-order valence-corrected chi connectivity index (χ4v) is 2.98. The molecule has 1 aromatic carbocycles. The molecule has 0 aliphatic rings. The summed E-state index contributed by atoms with van der Waals surface area (Å²) in [7, 11) is 0. The highest BCUT2D eigenvalue weighted by Crippen LogP contribution is 2.32. The summed E-state index contributed by atoms with van der Waals surface area (Å²) >= 11 is 0. The monoisotopic (exact) mass is 346 g/mol. The maximum Gasteiger partial charge on any atom is 0.197 e. The molecule has 0 aliphatic carbocycles. The van der Waals surface area contributed by atoms with Crippen molar-refractivity contribution in [3.05, 3.63) is 72.3 Å². The minimum atomic E-state index is -0.117. The molecule has 7 heteroatoms. The van der Waals surface area contributed by atoms with Crippen LogP contribution in [0, 0.1) is 0 Å². The third kappa shape index (κ3) is 2.95. The molecule has 0 radical (unpaired) electrons. The van der Waals surface area contributed by atoms with Crippen LogP contribution in [0.3, 0.4) is 0 Å². The Morgan fingerprint density at radius 3 is 2.73 bits per heavy atom. The number of rotatable bonds is 5. The molecule has 0 amide bonds. The van der Waals surface area contributed by atoms with Gasteiger partial charge in [-0.3, -0.25) is 0 Å². The summed E-state index contributed by atoms with van der Waals surface area (Å²) in [4.78, 5) is 4.67. The van der Waals surface area contributed by atoms with Crippen LogP contribution < -0.4 is 0 Å². The van der Waals surface area contributed by atoms with Crippen molar-refractivity contribution in [1.29, 1.82) is 0 Å². The lowest BCUT2D eigenvalue weighted by molar-refractivity contribution is 0.557. The smallest absolute Gasteiger partial charge is 0.197 e. The normalized spacial score (nSPS) is 13.1. The van der Waals surface area contributed by atoms with Gasteiger partial charge in [0.1, 0.15) is 5.76 Å². The second-order valence-corrected chi connectivity index (χ2v) is 6.00. The molecule has 1 atom stereocenters. The van der Waals surface area contributed by atoms with Gasteiger partial charge in [-0.15, -0.1) is 10.2 Å². The van der Waals surface area contributed by atoms with Gasteiger partial charge in [0.05, 0.1) is 30.0 Å².